The molecule has 24 heavy (non-hydrogen) atoms. The second-order valence-corrected chi connectivity index (χ2v) is 6.47. The summed E-state index contributed by atoms with van der Waals surface area (Å²) < 4.78 is 20.0. The van der Waals surface area contributed by atoms with Gasteiger partial charge in [-0.25, -0.2) is 4.39 Å². The zero-order chi connectivity index (χ0) is 17.4. The minimum Gasteiger partial charge on any atom is -0.494 e. The Kier molecular flexibility index (Phi) is 7.46. The number of ether oxygens (including phenoxy) is 1. The van der Waals surface area contributed by atoms with E-state index >= 15 is 0 Å². The Morgan fingerprint density at radius 3 is 2.79 bits per heavy atom. The van der Waals surface area contributed by atoms with E-state index in [1.165, 1.54) is 11.6 Å². The summed E-state index contributed by atoms with van der Waals surface area (Å²) in [5.74, 6) is 0.580. The molecule has 0 amide bonds. The molecule has 0 fully saturated rings. The molecule has 0 aliphatic rings. The molecule has 0 bridgehead atoms. The van der Waals surface area contributed by atoms with E-state index in [1.807, 2.05) is 25.1 Å². The molecule has 0 spiro atoms. The predicted octanol–water partition coefficient (Wildman–Crippen LogP) is 4.91. The summed E-state index contributed by atoms with van der Waals surface area (Å²) in [6.07, 6.45) is 1.78. The molecular weight excluding hydrogens is 391 g/mol. The van der Waals surface area contributed by atoms with Crippen molar-refractivity contribution in [2.45, 2.75) is 19.8 Å². The average molecular weight is 411 g/mol. The molecule has 0 saturated carbocycles. The quantitative estimate of drug-likeness (QED) is 0.501. The van der Waals surface area contributed by atoms with Crippen molar-refractivity contribution in [2.24, 2.45) is 0 Å². The number of para-hydroxylation sites is 1. The number of nitrogens with one attached hydrogen (secondary N) is 2. The van der Waals surface area contributed by atoms with Crippen LogP contribution in [0.15, 0.2) is 46.9 Å². The van der Waals surface area contributed by atoms with Crippen LogP contribution in [0.1, 0.15) is 18.9 Å². The van der Waals surface area contributed by atoms with E-state index in [2.05, 4.69) is 32.6 Å². The van der Waals surface area contributed by atoms with E-state index in [-0.39, 0.29) is 5.82 Å². The molecule has 2 aromatic carbocycles. The Morgan fingerprint density at radius 2 is 2.04 bits per heavy atom. The van der Waals surface area contributed by atoms with Crippen molar-refractivity contribution in [1.82, 2.24) is 5.32 Å². The Balaban J connectivity index is 1.77. The van der Waals surface area contributed by atoms with Crippen LogP contribution in [-0.2, 0) is 6.42 Å². The highest BCUT2D eigenvalue weighted by atomic mass is 79.9. The summed E-state index contributed by atoms with van der Waals surface area (Å²) >= 11 is 8.43. The molecule has 0 heterocycles. The molecule has 2 rings (SSSR count). The molecule has 3 nitrogen and oxygen atoms in total. The summed E-state index contributed by atoms with van der Waals surface area (Å²) in [5, 5.41) is 6.37. The third-order valence-corrected chi connectivity index (χ3v) is 4.10. The molecule has 0 saturated heterocycles. The molecule has 2 N–H and O–H groups in total. The predicted molar refractivity (Wildman–Crippen MR) is 104 cm³/mol. The van der Waals surface area contributed by atoms with Crippen LogP contribution in [0.5, 0.6) is 5.75 Å². The number of halogens is 2. The Hall–Kier alpha value is -1.66. The molecule has 0 aliphatic carbocycles. The normalized spacial score (nSPS) is 10.3. The van der Waals surface area contributed by atoms with Crippen molar-refractivity contribution in [3.05, 3.63) is 58.3 Å². The number of thiocarbonyl (C=S) groups is 1. The van der Waals surface area contributed by atoms with Gasteiger partial charge in [-0.3, -0.25) is 0 Å². The summed E-state index contributed by atoms with van der Waals surface area (Å²) in [4.78, 5) is 0. The van der Waals surface area contributed by atoms with E-state index in [1.54, 1.807) is 12.1 Å². The SMILES string of the molecule is CCOc1ccccc1CCCNC(=S)Nc1ccc(Br)cc1F. The van der Waals surface area contributed by atoms with Gasteiger partial charge in [0.2, 0.25) is 0 Å². The summed E-state index contributed by atoms with van der Waals surface area (Å²) in [5.41, 5.74) is 1.54. The van der Waals surface area contributed by atoms with Crippen molar-refractivity contribution in [3.8, 4) is 5.75 Å². The van der Waals surface area contributed by atoms with Gasteiger partial charge in [-0.1, -0.05) is 34.1 Å². The number of aryl methyl sites for hydroxylation is 1. The molecule has 0 aliphatic heterocycles. The summed E-state index contributed by atoms with van der Waals surface area (Å²) in [6, 6.07) is 12.8. The highest BCUT2D eigenvalue weighted by Crippen LogP contribution is 2.20. The topological polar surface area (TPSA) is 33.3 Å². The minimum absolute atomic E-state index is 0.348. The van der Waals surface area contributed by atoms with Crippen LogP contribution in [-0.4, -0.2) is 18.3 Å². The first-order valence-electron chi connectivity index (χ1n) is 7.80. The lowest BCUT2D eigenvalue weighted by atomic mass is 10.1. The maximum atomic E-state index is 13.7. The van der Waals surface area contributed by atoms with Gasteiger partial charge in [0.15, 0.2) is 5.11 Å². The number of benzene rings is 2. The molecule has 6 heteroatoms. The van der Waals surface area contributed by atoms with Crippen LogP contribution < -0.4 is 15.4 Å². The maximum absolute atomic E-state index is 13.7. The second kappa shape index (κ2) is 9.59. The molecular formula is C18H20BrFN2OS. The Morgan fingerprint density at radius 1 is 1.25 bits per heavy atom. The van der Waals surface area contributed by atoms with Gasteiger partial charge in [0.1, 0.15) is 11.6 Å². The molecule has 0 atom stereocenters. The zero-order valence-corrected chi connectivity index (χ0v) is 15.8. The third-order valence-electron chi connectivity index (χ3n) is 3.36. The second-order valence-electron chi connectivity index (χ2n) is 5.15. The minimum atomic E-state index is -0.348. The van der Waals surface area contributed by atoms with Crippen molar-refractivity contribution in [1.29, 1.82) is 0 Å². The smallest absolute Gasteiger partial charge is 0.170 e. The fourth-order valence-electron chi connectivity index (χ4n) is 2.24. The standard InChI is InChI=1S/C18H20BrFN2OS/c1-2-23-17-8-4-3-6-13(17)7-5-11-21-18(24)22-16-10-9-14(19)12-15(16)20/h3-4,6,8-10,12H,2,5,7,11H2,1H3,(H2,21,22,24). The average Bonchev–Trinajstić information content (AvgIpc) is 2.56. The van der Waals surface area contributed by atoms with Crippen molar-refractivity contribution >= 4 is 38.9 Å². The van der Waals surface area contributed by atoms with Crippen LogP contribution in [0.4, 0.5) is 10.1 Å². The summed E-state index contributed by atoms with van der Waals surface area (Å²) in [6.45, 7) is 3.33. The highest BCUT2D eigenvalue weighted by Gasteiger charge is 2.05. The molecule has 0 radical (unpaired) electrons. The Labute approximate surface area is 155 Å². The van der Waals surface area contributed by atoms with Crippen LogP contribution >= 0.6 is 28.1 Å². The monoisotopic (exact) mass is 410 g/mol. The van der Waals surface area contributed by atoms with Gasteiger partial charge in [-0.05, 0) is 61.8 Å². The van der Waals surface area contributed by atoms with Gasteiger partial charge >= 0.3 is 0 Å². The van der Waals surface area contributed by atoms with Crippen molar-refractivity contribution in [2.75, 3.05) is 18.5 Å². The van der Waals surface area contributed by atoms with E-state index < -0.39 is 0 Å². The number of hydrogen-bond donors (Lipinski definition) is 2. The van der Waals surface area contributed by atoms with E-state index in [4.69, 9.17) is 17.0 Å². The first-order chi connectivity index (χ1) is 11.6. The third kappa shape index (κ3) is 5.76. The van der Waals surface area contributed by atoms with Gasteiger partial charge in [-0.15, -0.1) is 0 Å². The Bertz CT molecular complexity index is 696. The summed E-state index contributed by atoms with van der Waals surface area (Å²) in [7, 11) is 0. The zero-order valence-electron chi connectivity index (χ0n) is 13.4. The van der Waals surface area contributed by atoms with Gasteiger partial charge < -0.3 is 15.4 Å². The lowest BCUT2D eigenvalue weighted by Gasteiger charge is -2.12. The fraction of sp³-hybridized carbons (Fsp3) is 0.278. The first-order valence-corrected chi connectivity index (χ1v) is 9.01. The number of anilines is 1. The number of rotatable bonds is 7. The van der Waals surface area contributed by atoms with Gasteiger partial charge in [0.25, 0.3) is 0 Å². The van der Waals surface area contributed by atoms with Crippen LogP contribution in [0.2, 0.25) is 0 Å². The van der Waals surface area contributed by atoms with Crippen molar-refractivity contribution in [3.63, 3.8) is 0 Å². The van der Waals surface area contributed by atoms with Crippen LogP contribution in [0, 0.1) is 5.82 Å². The molecule has 128 valence electrons. The van der Waals surface area contributed by atoms with Gasteiger partial charge in [-0.2, -0.15) is 0 Å². The largest absolute Gasteiger partial charge is 0.494 e. The van der Waals surface area contributed by atoms with Crippen molar-refractivity contribution < 1.29 is 9.13 Å². The molecule has 0 unspecified atom stereocenters. The van der Waals surface area contributed by atoms with Crippen LogP contribution in [0.25, 0.3) is 0 Å². The lowest BCUT2D eigenvalue weighted by Crippen LogP contribution is -2.29. The maximum Gasteiger partial charge on any atom is 0.170 e. The lowest BCUT2D eigenvalue weighted by molar-refractivity contribution is 0.336. The molecule has 2 aromatic rings. The number of hydrogen-bond acceptors (Lipinski definition) is 2. The first kappa shape index (κ1) is 18.7. The van der Waals surface area contributed by atoms with Gasteiger partial charge in [0, 0.05) is 11.0 Å². The van der Waals surface area contributed by atoms with E-state index in [9.17, 15) is 4.39 Å². The van der Waals surface area contributed by atoms with E-state index in [0.717, 1.165) is 18.6 Å². The fourth-order valence-corrected chi connectivity index (χ4v) is 2.79. The van der Waals surface area contributed by atoms with Crippen LogP contribution in [0.3, 0.4) is 0 Å². The van der Waals surface area contributed by atoms with Gasteiger partial charge in [0.05, 0.1) is 12.3 Å². The molecule has 0 aromatic heterocycles. The highest BCUT2D eigenvalue weighted by molar-refractivity contribution is 9.10. The van der Waals surface area contributed by atoms with E-state index in [0.29, 0.717) is 28.4 Å².